The highest BCUT2D eigenvalue weighted by molar-refractivity contribution is 9.14. The summed E-state index contributed by atoms with van der Waals surface area (Å²) in [6, 6.07) is 0. The van der Waals surface area contributed by atoms with Crippen molar-refractivity contribution in [2.24, 2.45) is 0 Å². The third-order valence-electron chi connectivity index (χ3n) is 4.19. The molecule has 0 heterocycles. The summed E-state index contributed by atoms with van der Waals surface area (Å²) in [6.45, 7) is 6.76. The van der Waals surface area contributed by atoms with Gasteiger partial charge in [0.15, 0.2) is 11.5 Å². The zero-order valence-electron chi connectivity index (χ0n) is 16.2. The van der Waals surface area contributed by atoms with Crippen LogP contribution in [0.25, 0.3) is 0 Å². The molecule has 0 bridgehead atoms. The molecule has 0 unspecified atom stereocenters. The number of ether oxygens (including phenoxy) is 2. The molecular formula is C19H12Br8O4. The second kappa shape index (κ2) is 10.9. The van der Waals surface area contributed by atoms with Gasteiger partial charge in [-0.1, -0.05) is 13.8 Å². The van der Waals surface area contributed by atoms with Crippen molar-refractivity contribution < 1.29 is 19.1 Å². The number of rotatable bonds is 4. The Morgan fingerprint density at radius 1 is 0.548 bits per heavy atom. The van der Waals surface area contributed by atoms with Crippen molar-refractivity contribution in [2.75, 3.05) is 0 Å². The van der Waals surface area contributed by atoms with Crippen LogP contribution in [0.1, 0.15) is 38.8 Å². The molecule has 0 saturated heterocycles. The van der Waals surface area contributed by atoms with Gasteiger partial charge in [0.25, 0.3) is 0 Å². The molecule has 0 atom stereocenters. The number of halogens is 8. The first kappa shape index (κ1) is 28.5. The van der Waals surface area contributed by atoms with Gasteiger partial charge in [0.1, 0.15) is 0 Å². The molecule has 0 aliphatic heterocycles. The molecule has 0 aromatic heterocycles. The summed E-state index contributed by atoms with van der Waals surface area (Å²) in [5, 5.41) is 0. The third kappa shape index (κ3) is 5.56. The van der Waals surface area contributed by atoms with Gasteiger partial charge in [0.05, 0.1) is 17.9 Å². The lowest BCUT2D eigenvalue weighted by molar-refractivity contribution is -0.132. The molecule has 0 saturated carbocycles. The standard InChI is InChI=1S/C19H12Br8O4/c1-5(28)30-17-13(24)9(20)7(10(21)14(17)25)19(3,4)8-11(22)15(26)18(31-6(2)29)16(27)12(8)23/h1-4H3. The minimum Gasteiger partial charge on any atom is -0.424 e. The van der Waals surface area contributed by atoms with E-state index in [9.17, 15) is 9.59 Å². The first-order valence-electron chi connectivity index (χ1n) is 8.24. The summed E-state index contributed by atoms with van der Waals surface area (Å²) in [4.78, 5) is 23.1. The third-order valence-corrected chi connectivity index (χ3v) is 12.5. The molecular weight excluding hydrogens is 931 g/mol. The van der Waals surface area contributed by atoms with Crippen molar-refractivity contribution in [3.63, 3.8) is 0 Å². The van der Waals surface area contributed by atoms with E-state index in [0.29, 0.717) is 47.3 Å². The number of benzene rings is 2. The van der Waals surface area contributed by atoms with Gasteiger partial charge < -0.3 is 9.47 Å². The molecule has 12 heteroatoms. The van der Waals surface area contributed by atoms with Crippen LogP contribution in [0.2, 0.25) is 0 Å². The SMILES string of the molecule is CC(=O)Oc1c(Br)c(Br)c(C(C)(C)c2c(Br)c(Br)c(OC(C)=O)c(Br)c2Br)c(Br)c1Br. The monoisotopic (exact) mass is 935 g/mol. The number of carbonyl (C=O) groups is 2. The topological polar surface area (TPSA) is 52.6 Å². The van der Waals surface area contributed by atoms with Crippen molar-refractivity contribution in [1.82, 2.24) is 0 Å². The maximum Gasteiger partial charge on any atom is 0.308 e. The van der Waals surface area contributed by atoms with Crippen LogP contribution in [0.15, 0.2) is 35.8 Å². The molecule has 2 aromatic rings. The highest BCUT2D eigenvalue weighted by Crippen LogP contribution is 2.56. The molecule has 31 heavy (non-hydrogen) atoms. The average molecular weight is 944 g/mol. The number of carbonyl (C=O) groups excluding carboxylic acids is 2. The summed E-state index contributed by atoms with van der Waals surface area (Å²) in [5.41, 5.74) is 1.14. The molecule has 0 aliphatic rings. The largest absolute Gasteiger partial charge is 0.424 e. The first-order chi connectivity index (χ1) is 14.1. The predicted octanol–water partition coefficient (Wildman–Crippen LogP) is 9.96. The second-order valence-electron chi connectivity index (χ2n) is 6.73. The Balaban J connectivity index is 2.89. The Labute approximate surface area is 247 Å². The molecule has 0 radical (unpaired) electrons. The van der Waals surface area contributed by atoms with E-state index in [1.54, 1.807) is 0 Å². The van der Waals surface area contributed by atoms with Crippen molar-refractivity contribution in [3.8, 4) is 11.5 Å². The number of hydrogen-bond acceptors (Lipinski definition) is 4. The van der Waals surface area contributed by atoms with Crippen LogP contribution in [-0.2, 0) is 15.0 Å². The van der Waals surface area contributed by atoms with Crippen molar-refractivity contribution in [2.45, 2.75) is 33.1 Å². The summed E-state index contributed by atoms with van der Waals surface area (Å²) in [7, 11) is 0. The number of esters is 2. The van der Waals surface area contributed by atoms with Gasteiger partial charge in [-0.2, -0.15) is 0 Å². The Morgan fingerprint density at radius 3 is 0.968 bits per heavy atom. The van der Waals surface area contributed by atoms with Crippen molar-refractivity contribution >= 4 is 139 Å². The quantitative estimate of drug-likeness (QED) is 0.174. The van der Waals surface area contributed by atoms with E-state index in [1.807, 2.05) is 13.8 Å². The van der Waals surface area contributed by atoms with E-state index in [4.69, 9.17) is 9.47 Å². The normalized spacial score (nSPS) is 11.5. The predicted molar refractivity (Wildman–Crippen MR) is 149 cm³/mol. The fourth-order valence-electron chi connectivity index (χ4n) is 2.91. The highest BCUT2D eigenvalue weighted by Gasteiger charge is 2.37. The van der Waals surface area contributed by atoms with Crippen LogP contribution in [0.4, 0.5) is 0 Å². The van der Waals surface area contributed by atoms with Gasteiger partial charge in [-0.25, -0.2) is 0 Å². The summed E-state index contributed by atoms with van der Waals surface area (Å²) >= 11 is 28.8. The van der Waals surface area contributed by atoms with Crippen LogP contribution in [0, 0.1) is 0 Å². The Kier molecular flexibility index (Phi) is 9.98. The minimum absolute atomic E-state index is 0.358. The molecule has 0 amide bonds. The molecule has 2 rings (SSSR count). The molecule has 0 fully saturated rings. The lowest BCUT2D eigenvalue weighted by atomic mass is 9.78. The van der Waals surface area contributed by atoms with Gasteiger partial charge in [-0.3, -0.25) is 9.59 Å². The van der Waals surface area contributed by atoms with Gasteiger partial charge in [-0.15, -0.1) is 0 Å². The molecule has 0 N–H and O–H groups in total. The lowest BCUT2D eigenvalue weighted by Gasteiger charge is -2.33. The maximum atomic E-state index is 11.6. The van der Waals surface area contributed by atoms with Gasteiger partial charge in [-0.05, 0) is 139 Å². The van der Waals surface area contributed by atoms with Gasteiger partial charge in [0.2, 0.25) is 0 Å². The molecule has 2 aromatic carbocycles. The van der Waals surface area contributed by atoms with E-state index in [2.05, 4.69) is 127 Å². The van der Waals surface area contributed by atoms with Crippen LogP contribution in [0.3, 0.4) is 0 Å². The summed E-state index contributed by atoms with van der Waals surface area (Å²) in [5.74, 6) is -0.161. The second-order valence-corrected chi connectivity index (χ2v) is 13.1. The van der Waals surface area contributed by atoms with Crippen LogP contribution in [-0.4, -0.2) is 11.9 Å². The molecule has 0 aliphatic carbocycles. The first-order valence-corrected chi connectivity index (χ1v) is 14.6. The Bertz CT molecular complexity index is 968. The maximum absolute atomic E-state index is 11.6. The van der Waals surface area contributed by atoms with E-state index in [-0.39, 0.29) is 0 Å². The summed E-state index contributed by atoms with van der Waals surface area (Å²) < 4.78 is 15.9. The van der Waals surface area contributed by atoms with Crippen molar-refractivity contribution in [1.29, 1.82) is 0 Å². The minimum atomic E-state index is -0.616. The van der Waals surface area contributed by atoms with E-state index in [0.717, 1.165) is 11.1 Å². The van der Waals surface area contributed by atoms with Gasteiger partial charge >= 0.3 is 11.9 Å². The smallest absolute Gasteiger partial charge is 0.308 e. The van der Waals surface area contributed by atoms with Gasteiger partial charge in [0, 0.05) is 37.2 Å². The zero-order valence-corrected chi connectivity index (χ0v) is 28.8. The van der Waals surface area contributed by atoms with Crippen LogP contribution < -0.4 is 9.47 Å². The Morgan fingerprint density at radius 2 is 0.774 bits per heavy atom. The molecule has 4 nitrogen and oxygen atoms in total. The van der Waals surface area contributed by atoms with E-state index >= 15 is 0 Å². The lowest BCUT2D eigenvalue weighted by Crippen LogP contribution is -2.23. The average Bonchev–Trinajstić information content (AvgIpc) is 2.65. The zero-order chi connectivity index (χ0) is 24.0. The van der Waals surface area contributed by atoms with Crippen LogP contribution in [0.5, 0.6) is 11.5 Å². The fraction of sp³-hybridized carbons (Fsp3) is 0.263. The summed E-state index contributed by atoms with van der Waals surface area (Å²) in [6.07, 6.45) is 0. The molecule has 168 valence electrons. The van der Waals surface area contributed by atoms with E-state index < -0.39 is 17.4 Å². The van der Waals surface area contributed by atoms with E-state index in [1.165, 1.54) is 13.8 Å². The number of hydrogen-bond donors (Lipinski definition) is 0. The van der Waals surface area contributed by atoms with Crippen LogP contribution >= 0.6 is 127 Å². The van der Waals surface area contributed by atoms with Crippen molar-refractivity contribution in [3.05, 3.63) is 46.9 Å². The molecule has 0 spiro atoms. The highest BCUT2D eigenvalue weighted by atomic mass is 79.9. The fourth-order valence-corrected chi connectivity index (χ4v) is 9.38. The Hall–Kier alpha value is 1.22.